The number of nitrogens with zero attached hydrogens (tertiary/aromatic N) is 1. The summed E-state index contributed by atoms with van der Waals surface area (Å²) in [7, 11) is 0. The van der Waals surface area contributed by atoms with Gasteiger partial charge in [0, 0.05) is 18.3 Å². The van der Waals surface area contributed by atoms with Crippen molar-refractivity contribution in [3.8, 4) is 0 Å². The van der Waals surface area contributed by atoms with Gasteiger partial charge in [0.2, 0.25) is 5.91 Å². The highest BCUT2D eigenvalue weighted by molar-refractivity contribution is 5.76. The Morgan fingerprint density at radius 1 is 1.38 bits per heavy atom. The molecule has 1 N–H and O–H groups in total. The molecule has 1 unspecified atom stereocenters. The summed E-state index contributed by atoms with van der Waals surface area (Å²) in [6.07, 6.45) is 1.61. The van der Waals surface area contributed by atoms with E-state index in [1.54, 1.807) is 18.3 Å². The fraction of sp³-hybridized carbons (Fsp3) is 0.500. The van der Waals surface area contributed by atoms with Crippen molar-refractivity contribution in [2.45, 2.75) is 33.4 Å². The first kappa shape index (κ1) is 12.5. The standard InChI is InChI=1S/C12H18N2O2/c1-9(2)10(3)13-11(15)8-14-7-5-4-6-12(14)16/h4-7,9-10H,8H2,1-3H3,(H,13,15). The smallest absolute Gasteiger partial charge is 0.250 e. The molecule has 4 nitrogen and oxygen atoms in total. The summed E-state index contributed by atoms with van der Waals surface area (Å²) in [5.41, 5.74) is -0.158. The summed E-state index contributed by atoms with van der Waals surface area (Å²) in [6, 6.07) is 4.96. The van der Waals surface area contributed by atoms with Crippen molar-refractivity contribution in [2.75, 3.05) is 0 Å². The van der Waals surface area contributed by atoms with Crippen LogP contribution < -0.4 is 10.9 Å². The summed E-state index contributed by atoms with van der Waals surface area (Å²) < 4.78 is 1.39. The average Bonchev–Trinajstić information content (AvgIpc) is 2.21. The number of carbonyl (C=O) groups excluding carboxylic acids is 1. The second kappa shape index (κ2) is 5.49. The Kier molecular flexibility index (Phi) is 4.28. The highest BCUT2D eigenvalue weighted by atomic mass is 16.2. The largest absolute Gasteiger partial charge is 0.352 e. The van der Waals surface area contributed by atoms with Gasteiger partial charge in [-0.1, -0.05) is 19.9 Å². The first-order chi connectivity index (χ1) is 7.50. The lowest BCUT2D eigenvalue weighted by Crippen LogP contribution is -2.39. The molecule has 0 aliphatic heterocycles. The molecule has 88 valence electrons. The zero-order valence-electron chi connectivity index (χ0n) is 9.93. The zero-order valence-corrected chi connectivity index (χ0v) is 9.93. The lowest BCUT2D eigenvalue weighted by Gasteiger charge is -2.17. The summed E-state index contributed by atoms with van der Waals surface area (Å²) in [4.78, 5) is 23.0. The van der Waals surface area contributed by atoms with Gasteiger partial charge in [0.15, 0.2) is 0 Å². The van der Waals surface area contributed by atoms with Crippen molar-refractivity contribution in [3.05, 3.63) is 34.7 Å². The van der Waals surface area contributed by atoms with Crippen LogP contribution in [0, 0.1) is 5.92 Å². The van der Waals surface area contributed by atoms with Gasteiger partial charge >= 0.3 is 0 Å². The van der Waals surface area contributed by atoms with E-state index in [9.17, 15) is 9.59 Å². The Balaban J connectivity index is 2.59. The summed E-state index contributed by atoms with van der Waals surface area (Å²) >= 11 is 0. The van der Waals surface area contributed by atoms with Crippen LogP contribution in [0.3, 0.4) is 0 Å². The third-order valence-corrected chi connectivity index (χ3v) is 2.60. The molecule has 1 amide bonds. The van der Waals surface area contributed by atoms with Crippen LogP contribution in [0.1, 0.15) is 20.8 Å². The Hall–Kier alpha value is -1.58. The van der Waals surface area contributed by atoms with Gasteiger partial charge in [0.1, 0.15) is 6.54 Å². The normalized spacial score (nSPS) is 12.5. The molecule has 0 aromatic carbocycles. The molecule has 4 heteroatoms. The molecule has 1 aromatic rings. The maximum absolute atomic E-state index is 11.6. The number of carbonyl (C=O) groups is 1. The first-order valence-corrected chi connectivity index (χ1v) is 5.45. The van der Waals surface area contributed by atoms with Crippen LogP contribution in [0.4, 0.5) is 0 Å². The maximum Gasteiger partial charge on any atom is 0.250 e. The van der Waals surface area contributed by atoms with Gasteiger partial charge in [0.05, 0.1) is 0 Å². The van der Waals surface area contributed by atoms with E-state index in [0.717, 1.165) is 0 Å². The third-order valence-electron chi connectivity index (χ3n) is 2.60. The lowest BCUT2D eigenvalue weighted by atomic mass is 10.1. The molecule has 1 atom stereocenters. The van der Waals surface area contributed by atoms with Crippen molar-refractivity contribution in [1.29, 1.82) is 0 Å². The average molecular weight is 222 g/mol. The fourth-order valence-electron chi connectivity index (χ4n) is 1.21. The number of amides is 1. The summed E-state index contributed by atoms with van der Waals surface area (Å²) in [5.74, 6) is 0.256. The zero-order chi connectivity index (χ0) is 12.1. The van der Waals surface area contributed by atoms with E-state index in [-0.39, 0.29) is 24.1 Å². The minimum atomic E-state index is -0.158. The molecule has 0 radical (unpaired) electrons. The number of nitrogens with one attached hydrogen (secondary N) is 1. The summed E-state index contributed by atoms with van der Waals surface area (Å²) in [5, 5.41) is 2.86. The number of rotatable bonds is 4. The number of hydrogen-bond donors (Lipinski definition) is 1. The van der Waals surface area contributed by atoms with E-state index in [1.165, 1.54) is 10.6 Å². The molecule has 0 bridgehead atoms. The molecule has 1 rings (SSSR count). The predicted octanol–water partition coefficient (Wildman–Crippen LogP) is 1.01. The number of hydrogen-bond acceptors (Lipinski definition) is 2. The molecule has 0 saturated carbocycles. The van der Waals surface area contributed by atoms with E-state index in [1.807, 2.05) is 20.8 Å². The Morgan fingerprint density at radius 2 is 2.06 bits per heavy atom. The number of pyridine rings is 1. The van der Waals surface area contributed by atoms with Gasteiger partial charge < -0.3 is 9.88 Å². The van der Waals surface area contributed by atoms with E-state index in [2.05, 4.69) is 5.32 Å². The minimum absolute atomic E-state index is 0.0801. The van der Waals surface area contributed by atoms with Gasteiger partial charge in [-0.2, -0.15) is 0 Å². The van der Waals surface area contributed by atoms with Crippen molar-refractivity contribution >= 4 is 5.91 Å². The summed E-state index contributed by atoms with van der Waals surface area (Å²) in [6.45, 7) is 6.12. The number of aromatic nitrogens is 1. The van der Waals surface area contributed by atoms with Gasteiger partial charge in [0.25, 0.3) is 5.56 Å². The predicted molar refractivity (Wildman–Crippen MR) is 63.1 cm³/mol. The third kappa shape index (κ3) is 3.53. The van der Waals surface area contributed by atoms with Crippen molar-refractivity contribution in [2.24, 2.45) is 5.92 Å². The van der Waals surface area contributed by atoms with Crippen molar-refractivity contribution in [3.63, 3.8) is 0 Å². The van der Waals surface area contributed by atoms with E-state index >= 15 is 0 Å². The van der Waals surface area contributed by atoms with Crippen LogP contribution >= 0.6 is 0 Å². The van der Waals surface area contributed by atoms with Crippen molar-refractivity contribution < 1.29 is 4.79 Å². The minimum Gasteiger partial charge on any atom is -0.352 e. The quantitative estimate of drug-likeness (QED) is 0.826. The molecule has 0 aliphatic carbocycles. The van der Waals surface area contributed by atoms with Gasteiger partial charge in [-0.25, -0.2) is 0 Å². The highest BCUT2D eigenvalue weighted by Crippen LogP contribution is 1.99. The lowest BCUT2D eigenvalue weighted by molar-refractivity contribution is -0.122. The second-order valence-electron chi connectivity index (χ2n) is 4.27. The van der Waals surface area contributed by atoms with Crippen LogP contribution in [-0.4, -0.2) is 16.5 Å². The Morgan fingerprint density at radius 3 is 2.62 bits per heavy atom. The molecular weight excluding hydrogens is 204 g/mol. The molecule has 0 fully saturated rings. The van der Waals surface area contributed by atoms with E-state index in [4.69, 9.17) is 0 Å². The monoisotopic (exact) mass is 222 g/mol. The SMILES string of the molecule is CC(C)C(C)NC(=O)Cn1ccccc1=O. The molecule has 1 heterocycles. The van der Waals surface area contributed by atoms with Crippen LogP contribution in [0.15, 0.2) is 29.2 Å². The highest BCUT2D eigenvalue weighted by Gasteiger charge is 2.11. The van der Waals surface area contributed by atoms with Gasteiger partial charge in [-0.3, -0.25) is 9.59 Å². The van der Waals surface area contributed by atoms with E-state index in [0.29, 0.717) is 5.92 Å². The van der Waals surface area contributed by atoms with E-state index < -0.39 is 0 Å². The fourth-order valence-corrected chi connectivity index (χ4v) is 1.21. The van der Waals surface area contributed by atoms with Crippen LogP contribution in [0.2, 0.25) is 0 Å². The van der Waals surface area contributed by atoms with Gasteiger partial charge in [-0.15, -0.1) is 0 Å². The topological polar surface area (TPSA) is 51.1 Å². The molecule has 0 saturated heterocycles. The maximum atomic E-state index is 11.6. The second-order valence-corrected chi connectivity index (χ2v) is 4.27. The molecule has 1 aromatic heterocycles. The molecular formula is C12H18N2O2. The molecule has 0 spiro atoms. The van der Waals surface area contributed by atoms with Crippen molar-refractivity contribution in [1.82, 2.24) is 9.88 Å². The van der Waals surface area contributed by atoms with Crippen LogP contribution in [0.25, 0.3) is 0 Å². The Labute approximate surface area is 95.3 Å². The van der Waals surface area contributed by atoms with Crippen LogP contribution in [0.5, 0.6) is 0 Å². The van der Waals surface area contributed by atoms with Gasteiger partial charge in [-0.05, 0) is 18.9 Å². The molecule has 0 aliphatic rings. The van der Waals surface area contributed by atoms with Crippen LogP contribution in [-0.2, 0) is 11.3 Å². The Bertz CT molecular complexity index is 409. The molecule has 16 heavy (non-hydrogen) atoms. The first-order valence-electron chi connectivity index (χ1n) is 5.45.